The summed E-state index contributed by atoms with van der Waals surface area (Å²) >= 11 is 0. The fourth-order valence-corrected chi connectivity index (χ4v) is 0.928. The van der Waals surface area contributed by atoms with E-state index in [1.54, 1.807) is 24.3 Å². The quantitative estimate of drug-likeness (QED) is 0.416. The van der Waals surface area contributed by atoms with Crippen LogP contribution in [0.3, 0.4) is 0 Å². The van der Waals surface area contributed by atoms with Crippen LogP contribution >= 0.6 is 0 Å². The number of phenols is 4. The van der Waals surface area contributed by atoms with Gasteiger partial charge in [-0.15, -0.1) is 0 Å². The number of aromatic hydroxyl groups is 4. The normalized spacial score (nSPS) is 8.00. The average Bonchev–Trinajstić information content (AvgIpc) is 2.28. The Kier molecular flexibility index (Phi) is 8.94. The summed E-state index contributed by atoms with van der Waals surface area (Å²) in [5, 5.41) is 34.7. The van der Waals surface area contributed by atoms with Gasteiger partial charge in [-0.1, -0.05) is 24.3 Å². The van der Waals surface area contributed by atoms with Gasteiger partial charge in [-0.25, -0.2) is 0 Å². The molecule has 2 rings (SSSR count). The van der Waals surface area contributed by atoms with Gasteiger partial charge in [-0.2, -0.15) is 0 Å². The first-order valence-corrected chi connectivity index (χ1v) is 4.55. The van der Waals surface area contributed by atoms with Crippen molar-refractivity contribution in [3.05, 3.63) is 48.5 Å². The SMILES string of the molecule is Oc1ccccc1O.Oc1ccccc1O.[B+3].[B+3]. The summed E-state index contributed by atoms with van der Waals surface area (Å²) in [6.07, 6.45) is 0. The van der Waals surface area contributed by atoms with E-state index in [-0.39, 0.29) is 39.8 Å². The third-order valence-corrected chi connectivity index (χ3v) is 1.76. The third-order valence-electron chi connectivity index (χ3n) is 1.76. The predicted octanol–water partition coefficient (Wildman–Crippen LogP) is 1.43. The van der Waals surface area contributed by atoms with Gasteiger partial charge in [-0.05, 0) is 24.3 Å². The van der Waals surface area contributed by atoms with E-state index in [0.717, 1.165) is 0 Å². The van der Waals surface area contributed by atoms with Crippen molar-refractivity contribution in [3.63, 3.8) is 0 Å². The molecule has 4 N–H and O–H groups in total. The Hall–Kier alpha value is -2.23. The first-order chi connectivity index (χ1) is 7.61. The fourth-order valence-electron chi connectivity index (χ4n) is 0.928. The predicted molar refractivity (Wildman–Crippen MR) is 71.1 cm³/mol. The van der Waals surface area contributed by atoms with Gasteiger partial charge in [0.15, 0.2) is 23.0 Å². The van der Waals surface area contributed by atoms with Crippen LogP contribution < -0.4 is 0 Å². The zero-order valence-corrected chi connectivity index (χ0v) is 9.56. The van der Waals surface area contributed by atoms with Crippen LogP contribution in [0.4, 0.5) is 0 Å². The molecule has 0 fully saturated rings. The molecule has 4 nitrogen and oxygen atoms in total. The molecule has 0 amide bonds. The zero-order chi connectivity index (χ0) is 12.0. The molecule has 0 aliphatic rings. The molecule has 0 atom stereocenters. The first-order valence-electron chi connectivity index (χ1n) is 4.55. The second-order valence-electron chi connectivity index (χ2n) is 2.98. The number of hydrogen-bond acceptors (Lipinski definition) is 4. The average molecular weight is 242 g/mol. The van der Waals surface area contributed by atoms with Crippen molar-refractivity contribution < 1.29 is 20.4 Å². The van der Waals surface area contributed by atoms with Crippen molar-refractivity contribution in [2.45, 2.75) is 0 Å². The molecule has 2 aromatic carbocycles. The number of para-hydroxylation sites is 4. The molecule has 84 valence electrons. The van der Waals surface area contributed by atoms with Gasteiger partial charge >= 0.3 is 16.8 Å². The zero-order valence-electron chi connectivity index (χ0n) is 9.56. The van der Waals surface area contributed by atoms with Crippen LogP contribution in [0.15, 0.2) is 48.5 Å². The number of benzene rings is 2. The number of rotatable bonds is 0. The van der Waals surface area contributed by atoms with Gasteiger partial charge in [-0.3, -0.25) is 0 Å². The molecule has 18 heavy (non-hydrogen) atoms. The van der Waals surface area contributed by atoms with E-state index in [4.69, 9.17) is 20.4 Å². The van der Waals surface area contributed by atoms with E-state index in [9.17, 15) is 0 Å². The van der Waals surface area contributed by atoms with Crippen molar-refractivity contribution in [1.82, 2.24) is 0 Å². The van der Waals surface area contributed by atoms with E-state index in [0.29, 0.717) is 0 Å². The molecular weight excluding hydrogens is 230 g/mol. The van der Waals surface area contributed by atoms with Gasteiger partial charge in [0.25, 0.3) is 0 Å². The number of hydrogen-bond donors (Lipinski definition) is 4. The summed E-state index contributed by atoms with van der Waals surface area (Å²) in [4.78, 5) is 0. The van der Waals surface area contributed by atoms with Crippen LogP contribution in [-0.4, -0.2) is 37.3 Å². The smallest absolute Gasteiger partial charge is 0.504 e. The first kappa shape index (κ1) is 18.1. The molecular formula is C12H12B2O4+6. The maximum absolute atomic E-state index is 8.67. The molecule has 0 saturated carbocycles. The molecule has 0 bridgehead atoms. The fraction of sp³-hybridized carbons (Fsp3) is 0. The Morgan fingerprint density at radius 3 is 0.722 bits per heavy atom. The third kappa shape index (κ3) is 5.75. The second-order valence-corrected chi connectivity index (χ2v) is 2.98. The molecule has 6 heteroatoms. The standard InChI is InChI=1S/2C6H6O2.2B/c2*7-5-3-1-2-4-6(5)8;;/h2*1-4,7-8H;;/q;;2*+3. The monoisotopic (exact) mass is 242 g/mol. The molecule has 0 radical (unpaired) electrons. The van der Waals surface area contributed by atoms with Gasteiger partial charge in [0, 0.05) is 0 Å². The summed E-state index contributed by atoms with van der Waals surface area (Å²) in [6, 6.07) is 12.3. The molecule has 0 aliphatic heterocycles. The van der Waals surface area contributed by atoms with Crippen LogP contribution in [0.2, 0.25) is 0 Å². The van der Waals surface area contributed by atoms with E-state index in [2.05, 4.69) is 0 Å². The van der Waals surface area contributed by atoms with Crippen LogP contribution in [0.1, 0.15) is 0 Å². The topological polar surface area (TPSA) is 80.9 Å². The molecule has 0 aromatic heterocycles. The summed E-state index contributed by atoms with van der Waals surface area (Å²) in [6.45, 7) is 0. The van der Waals surface area contributed by atoms with Gasteiger partial charge < -0.3 is 20.4 Å². The van der Waals surface area contributed by atoms with Crippen LogP contribution in [0, 0.1) is 0 Å². The Morgan fingerprint density at radius 2 is 0.611 bits per heavy atom. The van der Waals surface area contributed by atoms with Crippen LogP contribution in [0.25, 0.3) is 0 Å². The summed E-state index contributed by atoms with van der Waals surface area (Å²) in [5.41, 5.74) is 0. The van der Waals surface area contributed by atoms with Crippen molar-refractivity contribution in [1.29, 1.82) is 0 Å². The molecule has 0 spiro atoms. The van der Waals surface area contributed by atoms with Gasteiger partial charge in [0.1, 0.15) is 0 Å². The van der Waals surface area contributed by atoms with Gasteiger partial charge in [0.05, 0.1) is 0 Å². The van der Waals surface area contributed by atoms with E-state index in [1.165, 1.54) is 24.3 Å². The molecule has 0 saturated heterocycles. The van der Waals surface area contributed by atoms with E-state index in [1.807, 2.05) is 0 Å². The molecule has 0 unspecified atom stereocenters. The summed E-state index contributed by atoms with van der Waals surface area (Å²) < 4.78 is 0. The number of phenolic OH excluding ortho intramolecular Hbond substituents is 4. The van der Waals surface area contributed by atoms with Crippen LogP contribution in [-0.2, 0) is 0 Å². The summed E-state index contributed by atoms with van der Waals surface area (Å²) in [7, 11) is 0. The van der Waals surface area contributed by atoms with Crippen LogP contribution in [0.5, 0.6) is 23.0 Å². The van der Waals surface area contributed by atoms with Gasteiger partial charge in [0.2, 0.25) is 0 Å². The Morgan fingerprint density at radius 1 is 0.444 bits per heavy atom. The largest absolute Gasteiger partial charge is 3.00 e. The maximum atomic E-state index is 8.67. The summed E-state index contributed by atoms with van der Waals surface area (Å²) in [5.74, 6) is -0.306. The minimum absolute atomic E-state index is 0. The Bertz CT molecular complexity index is 378. The Balaban J connectivity index is 0. The Labute approximate surface area is 109 Å². The molecule has 0 heterocycles. The minimum atomic E-state index is -0.0764. The van der Waals surface area contributed by atoms with E-state index < -0.39 is 0 Å². The second kappa shape index (κ2) is 8.87. The molecule has 2 aromatic rings. The van der Waals surface area contributed by atoms with Crippen molar-refractivity contribution in [3.8, 4) is 23.0 Å². The van der Waals surface area contributed by atoms with Crippen molar-refractivity contribution >= 4 is 16.8 Å². The minimum Gasteiger partial charge on any atom is -0.504 e. The van der Waals surface area contributed by atoms with Crippen molar-refractivity contribution in [2.24, 2.45) is 0 Å². The van der Waals surface area contributed by atoms with Crippen molar-refractivity contribution in [2.75, 3.05) is 0 Å². The van der Waals surface area contributed by atoms with E-state index >= 15 is 0 Å². The maximum Gasteiger partial charge on any atom is 3.00 e. The molecule has 0 aliphatic carbocycles.